The molecule has 0 spiro atoms. The van der Waals surface area contributed by atoms with Gasteiger partial charge < -0.3 is 57.3 Å². The van der Waals surface area contributed by atoms with Gasteiger partial charge in [0.05, 0.1) is 48.3 Å². The number of aliphatic hydroxyl groups is 2. The lowest BCUT2D eigenvalue weighted by Gasteiger charge is -2.55. The Labute approximate surface area is 329 Å². The number of hydrogen-bond acceptors (Lipinski definition) is 14. The summed E-state index contributed by atoms with van der Waals surface area (Å²) >= 11 is 0. The highest BCUT2D eigenvalue weighted by Crippen LogP contribution is 2.58. The lowest BCUT2D eigenvalue weighted by atomic mass is 9.48. The van der Waals surface area contributed by atoms with Crippen LogP contribution in [0.15, 0.2) is 28.4 Å². The second-order valence-electron chi connectivity index (χ2n) is 17.3. The third kappa shape index (κ3) is 7.40. The number of ketones is 2. The molecule has 18 unspecified atom stereocenters. The molecule has 5 fully saturated rings. The van der Waals surface area contributed by atoms with Crippen LogP contribution < -0.4 is 0 Å². The molecule has 18 atom stereocenters. The van der Waals surface area contributed by atoms with Crippen molar-refractivity contribution in [1.82, 2.24) is 0 Å². The average Bonchev–Trinajstić information content (AvgIpc) is 3.62. The van der Waals surface area contributed by atoms with Crippen LogP contribution in [-0.4, -0.2) is 129 Å². The monoisotopic (exact) mass is 790 g/mol. The van der Waals surface area contributed by atoms with E-state index in [2.05, 4.69) is 6.08 Å². The number of Topliss-reactive ketones (excluding diaryl/α,β-unsaturated/α-hetero) is 2. The molecule has 1 aromatic heterocycles. The van der Waals surface area contributed by atoms with Crippen molar-refractivity contribution in [2.45, 2.75) is 178 Å². The van der Waals surface area contributed by atoms with Gasteiger partial charge in [-0.2, -0.15) is 0 Å². The third-order valence-electron chi connectivity index (χ3n) is 14.2. The van der Waals surface area contributed by atoms with Crippen LogP contribution in [0, 0.1) is 24.2 Å². The van der Waals surface area contributed by atoms with E-state index in [-0.39, 0.29) is 23.7 Å². The summed E-state index contributed by atoms with van der Waals surface area (Å²) in [5.74, 6) is 0.0287. The van der Waals surface area contributed by atoms with E-state index in [0.29, 0.717) is 44.9 Å². The van der Waals surface area contributed by atoms with Crippen LogP contribution >= 0.6 is 0 Å². The van der Waals surface area contributed by atoms with Crippen molar-refractivity contribution in [2.75, 3.05) is 21.3 Å². The Kier molecular flexibility index (Phi) is 12.4. The van der Waals surface area contributed by atoms with Crippen LogP contribution in [0.3, 0.4) is 0 Å². The molecule has 3 saturated heterocycles. The molecule has 0 amide bonds. The zero-order valence-corrected chi connectivity index (χ0v) is 34.2. The molecule has 1 aromatic rings. The predicted octanol–water partition coefficient (Wildman–Crippen LogP) is 4.08. The minimum absolute atomic E-state index is 0.143. The first-order valence-electron chi connectivity index (χ1n) is 20.3. The lowest BCUT2D eigenvalue weighted by Crippen LogP contribution is -2.61. The van der Waals surface area contributed by atoms with E-state index in [1.165, 1.54) is 0 Å². The number of aryl methyl sites for hydroxylation is 1. The molecular weight excluding hydrogens is 728 g/mol. The van der Waals surface area contributed by atoms with Crippen molar-refractivity contribution in [3.05, 3.63) is 35.3 Å². The topological polar surface area (TPSA) is 171 Å². The first-order valence-corrected chi connectivity index (χ1v) is 20.3. The van der Waals surface area contributed by atoms with Gasteiger partial charge in [-0.1, -0.05) is 18.6 Å². The Bertz CT molecular complexity index is 1590. The largest absolute Gasteiger partial charge is 0.469 e. The number of carbonyl (C=O) groups is 2. The third-order valence-corrected chi connectivity index (χ3v) is 14.2. The number of fused-ring (bicyclic) bond motifs is 3. The normalized spacial score (nSPS) is 47.2. The van der Waals surface area contributed by atoms with E-state index in [9.17, 15) is 19.8 Å². The summed E-state index contributed by atoms with van der Waals surface area (Å²) in [6.07, 6.45) is -1.67. The average molecular weight is 791 g/mol. The van der Waals surface area contributed by atoms with E-state index in [0.717, 1.165) is 16.9 Å². The number of carbonyl (C=O) groups excluding carboxylic acids is 2. The molecule has 2 N–H and O–H groups in total. The zero-order valence-electron chi connectivity index (χ0n) is 34.2. The van der Waals surface area contributed by atoms with E-state index < -0.39 is 96.5 Å². The van der Waals surface area contributed by atoms with Gasteiger partial charge in [-0.25, -0.2) is 0 Å². The minimum Gasteiger partial charge on any atom is -0.469 e. The fourth-order valence-corrected chi connectivity index (χ4v) is 10.8. The summed E-state index contributed by atoms with van der Waals surface area (Å²) in [6, 6.07) is 1.89. The number of aliphatic hydroxyl groups excluding tert-OH is 2. The Hall–Kier alpha value is -2.08. The quantitative estimate of drug-likeness (QED) is 0.325. The van der Waals surface area contributed by atoms with Crippen molar-refractivity contribution in [1.29, 1.82) is 0 Å². The summed E-state index contributed by atoms with van der Waals surface area (Å²) < 4.78 is 60.6. The maximum atomic E-state index is 14.1. The van der Waals surface area contributed by atoms with Crippen molar-refractivity contribution >= 4 is 11.6 Å². The Morgan fingerprint density at radius 3 is 1.89 bits per heavy atom. The van der Waals surface area contributed by atoms with Crippen molar-refractivity contribution in [2.24, 2.45) is 17.3 Å². The highest BCUT2D eigenvalue weighted by atomic mass is 16.7. The van der Waals surface area contributed by atoms with Gasteiger partial charge in [0, 0.05) is 63.9 Å². The number of ether oxygens (including phenoxy) is 9. The van der Waals surface area contributed by atoms with Crippen molar-refractivity contribution in [3.8, 4) is 0 Å². The fourth-order valence-electron chi connectivity index (χ4n) is 10.8. The SMILES string of the molecule is COC1CC(OC2C(C)OC(OC3C(C)OC(OC4CC5=CCC6C(=O)C(C)(c7ccoc7C)CCC6C5(C)C(O)C4=O)CC3OC)CC2OC)OC(C)C1O. The molecule has 3 aliphatic heterocycles. The van der Waals surface area contributed by atoms with Crippen LogP contribution in [0.5, 0.6) is 0 Å². The van der Waals surface area contributed by atoms with E-state index in [4.69, 9.17) is 47.0 Å². The number of rotatable bonds is 10. The first-order chi connectivity index (χ1) is 26.6. The highest BCUT2D eigenvalue weighted by molar-refractivity contribution is 5.95. The summed E-state index contributed by atoms with van der Waals surface area (Å²) in [6.45, 7) is 11.4. The zero-order chi connectivity index (χ0) is 40.3. The molecule has 14 heteroatoms. The number of methoxy groups -OCH3 is 3. The Morgan fingerprint density at radius 2 is 1.34 bits per heavy atom. The standard InChI is InChI=1S/C42H62O14/c1-20-26(13-15-50-20)41(5)14-12-27-25(39(41)45)11-10-24-16-29(36(44)40(46)42(24,27)6)54-32-18-30(48-8)37(22(3)52-32)56-34-19-31(49-9)38(23(4)53-34)55-33-17-28(47-7)35(43)21(2)51-33/h10,13,15,21-23,25,27-35,37-38,40,43,46H,11-12,14,16-19H2,1-9H3. The molecular formula is C42H62O14. The Balaban J connectivity index is 0.968. The molecule has 314 valence electrons. The molecule has 0 bridgehead atoms. The number of furan rings is 1. The van der Waals surface area contributed by atoms with E-state index in [1.54, 1.807) is 34.5 Å². The van der Waals surface area contributed by atoms with Crippen LogP contribution in [0.1, 0.15) is 90.9 Å². The van der Waals surface area contributed by atoms with E-state index >= 15 is 0 Å². The molecule has 14 nitrogen and oxygen atoms in total. The summed E-state index contributed by atoms with van der Waals surface area (Å²) in [5, 5.41) is 22.2. The van der Waals surface area contributed by atoms with E-state index in [1.807, 2.05) is 40.7 Å². The molecule has 3 aliphatic carbocycles. The summed E-state index contributed by atoms with van der Waals surface area (Å²) in [7, 11) is 4.79. The molecule has 0 radical (unpaired) electrons. The van der Waals surface area contributed by atoms with Crippen LogP contribution in [0.2, 0.25) is 0 Å². The summed E-state index contributed by atoms with van der Waals surface area (Å²) in [5.41, 5.74) is 0.339. The van der Waals surface area contributed by atoms with Gasteiger partial charge in [0.1, 0.15) is 42.1 Å². The van der Waals surface area contributed by atoms with Gasteiger partial charge in [-0.3, -0.25) is 9.59 Å². The molecule has 0 aromatic carbocycles. The maximum Gasteiger partial charge on any atom is 0.191 e. The number of hydrogen-bond donors (Lipinski definition) is 2. The molecule has 2 saturated carbocycles. The Morgan fingerprint density at radius 1 is 0.786 bits per heavy atom. The van der Waals surface area contributed by atoms with Gasteiger partial charge in [0.15, 0.2) is 24.7 Å². The lowest BCUT2D eigenvalue weighted by molar-refractivity contribution is -0.338. The molecule has 6 aliphatic rings. The molecule has 56 heavy (non-hydrogen) atoms. The van der Waals surface area contributed by atoms with Crippen LogP contribution in [0.25, 0.3) is 0 Å². The fraction of sp³-hybridized carbons (Fsp3) is 0.810. The van der Waals surface area contributed by atoms with Crippen LogP contribution in [0.4, 0.5) is 0 Å². The second kappa shape index (κ2) is 16.5. The van der Waals surface area contributed by atoms with Gasteiger partial charge in [-0.05, 0) is 65.9 Å². The smallest absolute Gasteiger partial charge is 0.191 e. The second-order valence-corrected chi connectivity index (χ2v) is 17.3. The van der Waals surface area contributed by atoms with Crippen molar-refractivity contribution in [3.63, 3.8) is 0 Å². The van der Waals surface area contributed by atoms with Gasteiger partial charge in [0.25, 0.3) is 0 Å². The van der Waals surface area contributed by atoms with Gasteiger partial charge in [-0.15, -0.1) is 0 Å². The predicted molar refractivity (Wildman–Crippen MR) is 198 cm³/mol. The maximum absolute atomic E-state index is 14.1. The first kappa shape index (κ1) is 42.1. The summed E-state index contributed by atoms with van der Waals surface area (Å²) in [4.78, 5) is 28.1. The van der Waals surface area contributed by atoms with Crippen LogP contribution in [-0.2, 0) is 57.6 Å². The highest BCUT2D eigenvalue weighted by Gasteiger charge is 2.61. The van der Waals surface area contributed by atoms with Gasteiger partial charge in [0.2, 0.25) is 0 Å². The minimum atomic E-state index is -1.32. The molecule has 4 heterocycles. The number of allylic oxidation sites excluding steroid dienone is 1. The van der Waals surface area contributed by atoms with Crippen molar-refractivity contribution < 1.29 is 66.9 Å². The van der Waals surface area contributed by atoms with Gasteiger partial charge >= 0.3 is 0 Å². The molecule has 7 rings (SSSR count).